The molecule has 0 saturated heterocycles. The van der Waals surface area contributed by atoms with Gasteiger partial charge in [0, 0.05) is 17.6 Å². The summed E-state index contributed by atoms with van der Waals surface area (Å²) in [6.45, 7) is 7.15. The van der Waals surface area contributed by atoms with E-state index in [4.69, 9.17) is 11.6 Å². The molecule has 0 bridgehead atoms. The number of hydrogen-bond acceptors (Lipinski definition) is 4. The summed E-state index contributed by atoms with van der Waals surface area (Å²) in [5.74, 6) is -0.731. The van der Waals surface area contributed by atoms with Gasteiger partial charge in [-0.2, -0.15) is 0 Å². The molecular weight excluding hydrogens is 474 g/mol. The number of halogens is 1. The molecule has 9 heteroatoms. The normalized spacial score (nSPS) is 13.1. The Hall–Kier alpha value is -2.58. The molecule has 7 nitrogen and oxygen atoms in total. The standard InChI is InChI=1S/C25H34ClN3O4S/c1-6-18(3)27-25(31)22(7-2)28(16-20-12-9-8-10-13-20)24(30)17-29(34(5,32)33)23-15-11-14-21(26)19(23)4/h8-15,18,22H,6-7,16-17H2,1-5H3,(H,27,31)/t18-,22-/m0/s1. The highest BCUT2D eigenvalue weighted by atomic mass is 35.5. The van der Waals surface area contributed by atoms with E-state index in [9.17, 15) is 18.0 Å². The number of anilines is 1. The Morgan fingerprint density at radius 2 is 1.68 bits per heavy atom. The van der Waals surface area contributed by atoms with Crippen LogP contribution in [0.15, 0.2) is 48.5 Å². The quantitative estimate of drug-likeness (QED) is 0.495. The number of hydrogen-bond donors (Lipinski definition) is 1. The van der Waals surface area contributed by atoms with Gasteiger partial charge in [-0.3, -0.25) is 13.9 Å². The average molecular weight is 508 g/mol. The predicted octanol–water partition coefficient (Wildman–Crippen LogP) is 4.14. The van der Waals surface area contributed by atoms with Crippen LogP contribution in [0, 0.1) is 6.92 Å². The molecule has 2 aromatic rings. The minimum absolute atomic E-state index is 0.0446. The van der Waals surface area contributed by atoms with Crippen LogP contribution in [0.4, 0.5) is 5.69 Å². The topological polar surface area (TPSA) is 86.8 Å². The molecule has 0 aliphatic carbocycles. The molecule has 0 aliphatic heterocycles. The number of sulfonamides is 1. The van der Waals surface area contributed by atoms with Crippen LogP contribution in [0.25, 0.3) is 0 Å². The number of nitrogens with one attached hydrogen (secondary N) is 1. The van der Waals surface area contributed by atoms with Gasteiger partial charge in [0.05, 0.1) is 11.9 Å². The Morgan fingerprint density at radius 1 is 1.03 bits per heavy atom. The van der Waals surface area contributed by atoms with Crippen molar-refractivity contribution >= 4 is 39.1 Å². The van der Waals surface area contributed by atoms with Crippen LogP contribution in [0.1, 0.15) is 44.7 Å². The van der Waals surface area contributed by atoms with E-state index < -0.39 is 28.5 Å². The van der Waals surface area contributed by atoms with Crippen LogP contribution in [0.2, 0.25) is 5.02 Å². The summed E-state index contributed by atoms with van der Waals surface area (Å²) in [5, 5.41) is 3.35. The van der Waals surface area contributed by atoms with Crippen LogP contribution >= 0.6 is 11.6 Å². The molecule has 2 atom stereocenters. The van der Waals surface area contributed by atoms with Crippen LogP contribution in [-0.2, 0) is 26.2 Å². The van der Waals surface area contributed by atoms with Gasteiger partial charge < -0.3 is 10.2 Å². The predicted molar refractivity (Wildman–Crippen MR) is 137 cm³/mol. The largest absolute Gasteiger partial charge is 0.352 e. The van der Waals surface area contributed by atoms with Crippen LogP contribution in [0.3, 0.4) is 0 Å². The smallest absolute Gasteiger partial charge is 0.244 e. The van der Waals surface area contributed by atoms with Gasteiger partial charge >= 0.3 is 0 Å². The van der Waals surface area contributed by atoms with Crippen LogP contribution in [-0.4, -0.2) is 50.0 Å². The van der Waals surface area contributed by atoms with Crippen molar-refractivity contribution in [2.24, 2.45) is 0 Å². The summed E-state index contributed by atoms with van der Waals surface area (Å²) >= 11 is 6.22. The highest BCUT2D eigenvalue weighted by Crippen LogP contribution is 2.28. The summed E-state index contributed by atoms with van der Waals surface area (Å²) in [6.07, 6.45) is 2.19. The van der Waals surface area contributed by atoms with E-state index in [2.05, 4.69) is 5.32 Å². The molecule has 0 aliphatic rings. The van der Waals surface area contributed by atoms with Crippen LogP contribution < -0.4 is 9.62 Å². The van der Waals surface area contributed by atoms with E-state index in [1.807, 2.05) is 51.1 Å². The Kier molecular flexibility index (Phi) is 9.94. The lowest BCUT2D eigenvalue weighted by molar-refractivity contribution is -0.140. The van der Waals surface area contributed by atoms with Gasteiger partial charge in [-0.1, -0.05) is 61.8 Å². The monoisotopic (exact) mass is 507 g/mol. The van der Waals surface area contributed by atoms with Crippen molar-refractivity contribution in [2.75, 3.05) is 17.1 Å². The van der Waals surface area contributed by atoms with Crippen molar-refractivity contribution in [3.63, 3.8) is 0 Å². The lowest BCUT2D eigenvalue weighted by Gasteiger charge is -2.33. The molecule has 2 aromatic carbocycles. The molecule has 0 unspecified atom stereocenters. The number of benzene rings is 2. The maximum Gasteiger partial charge on any atom is 0.244 e. The summed E-state index contributed by atoms with van der Waals surface area (Å²) in [4.78, 5) is 28.2. The fourth-order valence-electron chi connectivity index (χ4n) is 3.60. The van der Waals surface area contributed by atoms with Crippen molar-refractivity contribution in [1.29, 1.82) is 0 Å². The third-order valence-corrected chi connectivity index (χ3v) is 7.31. The number of carbonyl (C=O) groups excluding carboxylic acids is 2. The van der Waals surface area contributed by atoms with Gasteiger partial charge in [-0.05, 0) is 49.9 Å². The zero-order valence-corrected chi connectivity index (χ0v) is 22.0. The molecule has 0 spiro atoms. The maximum absolute atomic E-state index is 13.6. The van der Waals surface area contributed by atoms with Crippen molar-refractivity contribution in [3.8, 4) is 0 Å². The fraction of sp³-hybridized carbons (Fsp3) is 0.440. The Bertz CT molecular complexity index is 1090. The average Bonchev–Trinajstić information content (AvgIpc) is 2.79. The Labute approximate surface area is 208 Å². The zero-order valence-electron chi connectivity index (χ0n) is 20.4. The lowest BCUT2D eigenvalue weighted by atomic mass is 10.1. The first kappa shape index (κ1) is 27.7. The second-order valence-corrected chi connectivity index (χ2v) is 10.7. The minimum Gasteiger partial charge on any atom is -0.352 e. The number of rotatable bonds is 11. The molecule has 0 aromatic heterocycles. The minimum atomic E-state index is -3.81. The van der Waals surface area contributed by atoms with E-state index >= 15 is 0 Å². The lowest BCUT2D eigenvalue weighted by Crippen LogP contribution is -2.53. The van der Waals surface area contributed by atoms with E-state index in [0.717, 1.165) is 22.5 Å². The molecule has 0 heterocycles. The van der Waals surface area contributed by atoms with Gasteiger partial charge in [0.25, 0.3) is 0 Å². The zero-order chi connectivity index (χ0) is 25.5. The number of nitrogens with zero attached hydrogens (tertiary/aromatic N) is 2. The van der Waals surface area contributed by atoms with Gasteiger partial charge in [0.2, 0.25) is 21.8 Å². The van der Waals surface area contributed by atoms with E-state index in [1.165, 1.54) is 4.90 Å². The van der Waals surface area contributed by atoms with Gasteiger partial charge in [-0.25, -0.2) is 8.42 Å². The van der Waals surface area contributed by atoms with Crippen molar-refractivity contribution in [2.45, 2.75) is 59.2 Å². The van der Waals surface area contributed by atoms with Crippen molar-refractivity contribution < 1.29 is 18.0 Å². The molecule has 0 fully saturated rings. The van der Waals surface area contributed by atoms with E-state index in [0.29, 0.717) is 22.7 Å². The Morgan fingerprint density at radius 3 is 2.24 bits per heavy atom. The molecule has 1 N–H and O–H groups in total. The fourth-order valence-corrected chi connectivity index (χ4v) is 4.67. The third kappa shape index (κ3) is 7.21. The molecule has 0 radical (unpaired) electrons. The van der Waals surface area contributed by atoms with Gasteiger partial charge in [0.15, 0.2) is 0 Å². The molecule has 0 saturated carbocycles. The first-order valence-electron chi connectivity index (χ1n) is 11.4. The van der Waals surface area contributed by atoms with E-state index in [1.54, 1.807) is 25.1 Å². The summed E-state index contributed by atoms with van der Waals surface area (Å²) in [6, 6.07) is 13.5. The Balaban J connectivity index is 2.46. The molecule has 186 valence electrons. The molecule has 2 rings (SSSR count). The highest BCUT2D eigenvalue weighted by molar-refractivity contribution is 7.92. The van der Waals surface area contributed by atoms with E-state index in [-0.39, 0.29) is 18.5 Å². The van der Waals surface area contributed by atoms with Crippen molar-refractivity contribution in [1.82, 2.24) is 10.2 Å². The number of carbonyl (C=O) groups is 2. The van der Waals surface area contributed by atoms with Crippen molar-refractivity contribution in [3.05, 3.63) is 64.7 Å². The SMILES string of the molecule is CC[C@H](C)NC(=O)[C@H](CC)N(Cc1ccccc1)C(=O)CN(c1cccc(Cl)c1C)S(C)(=O)=O. The second-order valence-electron chi connectivity index (χ2n) is 8.40. The van der Waals surface area contributed by atoms with Gasteiger partial charge in [-0.15, -0.1) is 0 Å². The summed E-state index contributed by atoms with van der Waals surface area (Å²) in [5.41, 5.74) is 1.73. The molecular formula is C25H34ClN3O4S. The number of amides is 2. The molecule has 2 amide bonds. The third-order valence-electron chi connectivity index (χ3n) is 5.77. The highest BCUT2D eigenvalue weighted by Gasteiger charge is 2.32. The summed E-state index contributed by atoms with van der Waals surface area (Å²) < 4.78 is 26.5. The van der Waals surface area contributed by atoms with Gasteiger partial charge in [0.1, 0.15) is 12.6 Å². The second kappa shape index (κ2) is 12.2. The first-order valence-corrected chi connectivity index (χ1v) is 13.6. The summed E-state index contributed by atoms with van der Waals surface area (Å²) in [7, 11) is -3.81. The molecule has 34 heavy (non-hydrogen) atoms. The first-order chi connectivity index (χ1) is 16.0. The van der Waals surface area contributed by atoms with Crippen LogP contribution in [0.5, 0.6) is 0 Å². The maximum atomic E-state index is 13.6.